The maximum Gasteiger partial charge on any atom is 0.0348 e. The lowest BCUT2D eigenvalue weighted by Crippen LogP contribution is -2.24. The van der Waals surface area contributed by atoms with Gasteiger partial charge in [0.2, 0.25) is 0 Å². The van der Waals surface area contributed by atoms with E-state index in [9.17, 15) is 0 Å². The molecule has 1 atom stereocenters. The Bertz CT molecular complexity index is 384. The van der Waals surface area contributed by atoms with E-state index in [0.717, 1.165) is 0 Å². The number of hydrogen-bond donors (Lipinski definition) is 1. The second-order valence-electron chi connectivity index (χ2n) is 5.44. The highest BCUT2D eigenvalue weighted by atomic mass is 79.9. The van der Waals surface area contributed by atoms with Crippen molar-refractivity contribution in [1.82, 2.24) is 0 Å². The summed E-state index contributed by atoms with van der Waals surface area (Å²) in [5, 5.41) is 3.63. The molecule has 1 aromatic carbocycles. The predicted octanol–water partition coefficient (Wildman–Crippen LogP) is 4.67. The Morgan fingerprint density at radius 1 is 1.25 bits per heavy atom. The molecule has 1 N–H and O–H groups in total. The minimum atomic E-state index is 0.523. The molecule has 1 unspecified atom stereocenters. The van der Waals surface area contributed by atoms with E-state index in [1.54, 1.807) is 0 Å². The Hall–Kier alpha value is -0.500. The van der Waals surface area contributed by atoms with Gasteiger partial charge in [-0.1, -0.05) is 22.9 Å². The Morgan fingerprint density at radius 3 is 2.19 bits per heavy atom. The van der Waals surface area contributed by atoms with Gasteiger partial charge >= 0.3 is 0 Å². The van der Waals surface area contributed by atoms with Crippen LogP contribution in [-0.2, 0) is 0 Å². The summed E-state index contributed by atoms with van der Waals surface area (Å²) < 4.78 is 1.23. The summed E-state index contributed by atoms with van der Waals surface area (Å²) in [5.74, 6) is 0. The summed E-state index contributed by atoms with van der Waals surface area (Å²) in [4.78, 5) is 0. The minimum absolute atomic E-state index is 0.523. The molecule has 88 valence electrons. The van der Waals surface area contributed by atoms with Crippen molar-refractivity contribution in [3.63, 3.8) is 0 Å². The first-order valence-electron chi connectivity index (χ1n) is 5.96. The molecule has 0 spiro atoms. The molecule has 1 saturated carbocycles. The van der Waals surface area contributed by atoms with Crippen molar-refractivity contribution in [3.8, 4) is 0 Å². The molecule has 0 aromatic heterocycles. The number of rotatable bonds is 3. The Balaban J connectivity index is 2.16. The van der Waals surface area contributed by atoms with Crippen molar-refractivity contribution in [2.45, 2.75) is 46.6 Å². The van der Waals surface area contributed by atoms with Crippen molar-refractivity contribution in [2.75, 3.05) is 5.32 Å². The van der Waals surface area contributed by atoms with Crippen LogP contribution in [0.2, 0.25) is 0 Å². The third-order valence-corrected chi connectivity index (χ3v) is 5.15. The van der Waals surface area contributed by atoms with E-state index in [1.807, 2.05) is 0 Å². The van der Waals surface area contributed by atoms with Gasteiger partial charge in [-0.2, -0.15) is 0 Å². The quantitative estimate of drug-likeness (QED) is 0.849. The second-order valence-corrected chi connectivity index (χ2v) is 6.24. The number of hydrogen-bond acceptors (Lipinski definition) is 1. The largest absolute Gasteiger partial charge is 0.382 e. The fourth-order valence-corrected chi connectivity index (χ4v) is 2.31. The highest BCUT2D eigenvalue weighted by molar-refractivity contribution is 9.10. The highest BCUT2D eigenvalue weighted by Crippen LogP contribution is 2.48. The summed E-state index contributed by atoms with van der Waals surface area (Å²) in [6, 6.07) is 5.01. The van der Waals surface area contributed by atoms with Gasteiger partial charge < -0.3 is 5.32 Å². The normalized spacial score (nSPS) is 19.3. The zero-order valence-electron chi connectivity index (χ0n) is 10.5. The SMILES string of the molecule is Cc1cc(NC(C)C2(C)CC2)cc(C)c1Br. The van der Waals surface area contributed by atoms with Crippen LogP contribution in [-0.4, -0.2) is 6.04 Å². The first kappa shape index (κ1) is 12.0. The van der Waals surface area contributed by atoms with Crippen LogP contribution in [0.15, 0.2) is 16.6 Å². The van der Waals surface area contributed by atoms with Crippen molar-refractivity contribution < 1.29 is 0 Å². The van der Waals surface area contributed by atoms with Crippen LogP contribution in [0.3, 0.4) is 0 Å². The average Bonchev–Trinajstić information content (AvgIpc) is 2.94. The molecule has 0 radical (unpaired) electrons. The van der Waals surface area contributed by atoms with E-state index >= 15 is 0 Å². The van der Waals surface area contributed by atoms with Gasteiger partial charge in [0.05, 0.1) is 0 Å². The van der Waals surface area contributed by atoms with Crippen LogP contribution in [0.5, 0.6) is 0 Å². The number of anilines is 1. The van der Waals surface area contributed by atoms with Crippen LogP contribution < -0.4 is 5.32 Å². The van der Waals surface area contributed by atoms with E-state index in [-0.39, 0.29) is 0 Å². The number of aryl methyl sites for hydroxylation is 2. The van der Waals surface area contributed by atoms with Crippen molar-refractivity contribution in [2.24, 2.45) is 5.41 Å². The summed E-state index contributed by atoms with van der Waals surface area (Å²) in [6.07, 6.45) is 2.71. The van der Waals surface area contributed by atoms with Gasteiger partial charge in [0, 0.05) is 16.2 Å². The molecule has 1 aliphatic rings. The van der Waals surface area contributed by atoms with E-state index in [1.165, 1.54) is 34.1 Å². The summed E-state index contributed by atoms with van der Waals surface area (Å²) >= 11 is 3.60. The van der Waals surface area contributed by atoms with Crippen molar-refractivity contribution in [3.05, 3.63) is 27.7 Å². The fourth-order valence-electron chi connectivity index (χ4n) is 2.08. The third kappa shape index (κ3) is 2.27. The van der Waals surface area contributed by atoms with Crippen LogP contribution >= 0.6 is 15.9 Å². The molecule has 0 amide bonds. The molecule has 1 nitrogen and oxygen atoms in total. The molecule has 0 heterocycles. The zero-order valence-corrected chi connectivity index (χ0v) is 12.1. The number of halogens is 1. The Labute approximate surface area is 107 Å². The molecule has 0 saturated heterocycles. The first-order chi connectivity index (χ1) is 7.42. The lowest BCUT2D eigenvalue weighted by atomic mass is 10.00. The van der Waals surface area contributed by atoms with Crippen molar-refractivity contribution >= 4 is 21.6 Å². The molecule has 2 rings (SSSR count). The summed E-state index contributed by atoms with van der Waals surface area (Å²) in [5.41, 5.74) is 4.37. The van der Waals surface area contributed by atoms with Gasteiger partial charge in [-0.25, -0.2) is 0 Å². The lowest BCUT2D eigenvalue weighted by molar-refractivity contribution is 0.493. The van der Waals surface area contributed by atoms with Gasteiger partial charge in [0.15, 0.2) is 0 Å². The van der Waals surface area contributed by atoms with Crippen LogP contribution in [0.25, 0.3) is 0 Å². The monoisotopic (exact) mass is 281 g/mol. The number of nitrogens with one attached hydrogen (secondary N) is 1. The van der Waals surface area contributed by atoms with Crippen LogP contribution in [0.4, 0.5) is 5.69 Å². The highest BCUT2D eigenvalue weighted by Gasteiger charge is 2.42. The van der Waals surface area contributed by atoms with Gasteiger partial charge in [0.1, 0.15) is 0 Å². The summed E-state index contributed by atoms with van der Waals surface area (Å²) in [6.45, 7) is 8.94. The first-order valence-corrected chi connectivity index (χ1v) is 6.75. The molecule has 16 heavy (non-hydrogen) atoms. The van der Waals surface area contributed by atoms with Crippen molar-refractivity contribution in [1.29, 1.82) is 0 Å². The van der Waals surface area contributed by atoms with Gasteiger partial charge in [-0.3, -0.25) is 0 Å². The molecule has 0 bridgehead atoms. The lowest BCUT2D eigenvalue weighted by Gasteiger charge is -2.22. The smallest absolute Gasteiger partial charge is 0.0348 e. The molecule has 0 aliphatic heterocycles. The molecule has 1 aromatic rings. The van der Waals surface area contributed by atoms with E-state index < -0.39 is 0 Å². The predicted molar refractivity (Wildman–Crippen MR) is 74.0 cm³/mol. The maximum absolute atomic E-state index is 3.63. The topological polar surface area (TPSA) is 12.0 Å². The van der Waals surface area contributed by atoms with E-state index in [4.69, 9.17) is 0 Å². The van der Waals surface area contributed by atoms with Crippen LogP contribution in [0.1, 0.15) is 37.8 Å². The third-order valence-electron chi connectivity index (χ3n) is 3.90. The Kier molecular flexibility index (Phi) is 3.04. The standard InChI is InChI=1S/C14H20BrN/c1-9-7-12(8-10(2)13(9)15)16-11(3)14(4)5-6-14/h7-8,11,16H,5-6H2,1-4H3. The molecule has 1 aliphatic carbocycles. The fraction of sp³-hybridized carbons (Fsp3) is 0.571. The molecule has 2 heteroatoms. The van der Waals surface area contributed by atoms with E-state index in [2.05, 4.69) is 61.1 Å². The Morgan fingerprint density at radius 2 is 1.75 bits per heavy atom. The summed E-state index contributed by atoms with van der Waals surface area (Å²) in [7, 11) is 0. The molecular weight excluding hydrogens is 262 g/mol. The van der Waals surface area contributed by atoms with Crippen LogP contribution in [0, 0.1) is 19.3 Å². The van der Waals surface area contributed by atoms with Gasteiger partial charge in [-0.15, -0.1) is 0 Å². The average molecular weight is 282 g/mol. The molecular formula is C14H20BrN. The van der Waals surface area contributed by atoms with Gasteiger partial charge in [0.25, 0.3) is 0 Å². The van der Waals surface area contributed by atoms with Gasteiger partial charge in [-0.05, 0) is 62.3 Å². The number of benzene rings is 1. The second kappa shape index (κ2) is 4.06. The minimum Gasteiger partial charge on any atom is -0.382 e. The maximum atomic E-state index is 3.63. The zero-order chi connectivity index (χ0) is 11.9. The van der Waals surface area contributed by atoms with E-state index in [0.29, 0.717) is 11.5 Å². The molecule has 1 fully saturated rings.